The summed E-state index contributed by atoms with van der Waals surface area (Å²) < 4.78 is 6.00. The van der Waals surface area contributed by atoms with Gasteiger partial charge in [-0.05, 0) is 74.0 Å². The topological polar surface area (TPSA) is 76.1 Å². The average Bonchev–Trinajstić information content (AvgIpc) is 3.31. The van der Waals surface area contributed by atoms with Crippen LogP contribution in [0, 0.1) is 11.8 Å². The van der Waals surface area contributed by atoms with E-state index in [1.165, 1.54) is 30.6 Å². The van der Waals surface area contributed by atoms with Gasteiger partial charge in [-0.15, -0.1) is 11.3 Å². The number of pyridine rings is 1. The Morgan fingerprint density at radius 2 is 2.12 bits per heavy atom. The summed E-state index contributed by atoms with van der Waals surface area (Å²) in [6, 6.07) is 11.6. The SMILES string of the molecule is CCC1CNCCC1CCCOc1cccc(CC(=O)Nc2nc(-c3ccncc3)cs2)c1. The van der Waals surface area contributed by atoms with Gasteiger partial charge < -0.3 is 15.4 Å². The van der Waals surface area contributed by atoms with Gasteiger partial charge in [-0.1, -0.05) is 25.5 Å². The number of carbonyl (C=O) groups excluding carboxylic acids is 1. The molecule has 3 aromatic rings. The molecule has 2 aromatic heterocycles. The minimum atomic E-state index is -0.0840. The van der Waals surface area contributed by atoms with Crippen molar-refractivity contribution in [3.63, 3.8) is 0 Å². The van der Waals surface area contributed by atoms with Crippen molar-refractivity contribution in [3.05, 3.63) is 59.7 Å². The lowest BCUT2D eigenvalue weighted by Crippen LogP contribution is -2.36. The minimum Gasteiger partial charge on any atom is -0.494 e. The lowest BCUT2D eigenvalue weighted by atomic mass is 9.82. The number of ether oxygens (including phenoxy) is 1. The number of hydrogen-bond donors (Lipinski definition) is 2. The fourth-order valence-electron chi connectivity index (χ4n) is 4.45. The zero-order valence-electron chi connectivity index (χ0n) is 19.1. The van der Waals surface area contributed by atoms with E-state index >= 15 is 0 Å². The molecule has 2 atom stereocenters. The first-order valence-electron chi connectivity index (χ1n) is 11.8. The van der Waals surface area contributed by atoms with E-state index in [4.69, 9.17) is 4.74 Å². The van der Waals surface area contributed by atoms with Gasteiger partial charge in [0.05, 0.1) is 18.7 Å². The molecule has 0 saturated carbocycles. The molecule has 1 aliphatic rings. The Hall–Kier alpha value is -2.77. The molecule has 3 heterocycles. The average molecular weight is 465 g/mol. The van der Waals surface area contributed by atoms with Gasteiger partial charge >= 0.3 is 0 Å². The molecule has 1 fully saturated rings. The molecule has 33 heavy (non-hydrogen) atoms. The van der Waals surface area contributed by atoms with Crippen molar-refractivity contribution >= 4 is 22.4 Å². The number of nitrogens with zero attached hydrogens (tertiary/aromatic N) is 2. The van der Waals surface area contributed by atoms with Crippen LogP contribution in [0.25, 0.3) is 11.3 Å². The second kappa shape index (κ2) is 11.9. The molecule has 0 bridgehead atoms. The zero-order chi connectivity index (χ0) is 22.9. The summed E-state index contributed by atoms with van der Waals surface area (Å²) in [5.74, 6) is 2.34. The summed E-state index contributed by atoms with van der Waals surface area (Å²) in [5, 5.41) is 8.95. The number of aromatic nitrogens is 2. The van der Waals surface area contributed by atoms with Gasteiger partial charge in [-0.25, -0.2) is 4.98 Å². The van der Waals surface area contributed by atoms with Gasteiger partial charge in [-0.2, -0.15) is 0 Å². The molecule has 0 aliphatic carbocycles. The van der Waals surface area contributed by atoms with E-state index < -0.39 is 0 Å². The highest BCUT2D eigenvalue weighted by Crippen LogP contribution is 2.27. The van der Waals surface area contributed by atoms with Crippen LogP contribution in [0.4, 0.5) is 5.13 Å². The third-order valence-electron chi connectivity index (χ3n) is 6.27. The van der Waals surface area contributed by atoms with Gasteiger partial charge in [0.25, 0.3) is 0 Å². The molecule has 7 heteroatoms. The van der Waals surface area contributed by atoms with Gasteiger partial charge in [0.2, 0.25) is 5.91 Å². The van der Waals surface area contributed by atoms with E-state index in [0.717, 1.165) is 53.9 Å². The maximum atomic E-state index is 12.5. The quantitative estimate of drug-likeness (QED) is 0.404. The number of thiazole rings is 1. The number of anilines is 1. The number of amides is 1. The molecule has 0 spiro atoms. The molecule has 174 valence electrons. The highest BCUT2D eigenvalue weighted by atomic mass is 32.1. The Morgan fingerprint density at radius 3 is 2.97 bits per heavy atom. The fourth-order valence-corrected chi connectivity index (χ4v) is 5.19. The van der Waals surface area contributed by atoms with E-state index in [1.54, 1.807) is 12.4 Å². The maximum Gasteiger partial charge on any atom is 0.230 e. The first-order chi connectivity index (χ1) is 16.2. The zero-order valence-corrected chi connectivity index (χ0v) is 19.9. The number of nitrogens with one attached hydrogen (secondary N) is 2. The standard InChI is InChI=1S/C26H32N4O2S/c1-2-20-17-28-13-8-21(20)6-4-14-32-23-7-3-5-19(15-23)16-25(31)30-26-29-24(18-33-26)22-9-11-27-12-10-22/h3,5,7,9-12,15,18,20-21,28H,2,4,6,8,13-14,16-17H2,1H3,(H,29,30,31). The Balaban J connectivity index is 1.23. The first-order valence-corrected chi connectivity index (χ1v) is 12.7. The van der Waals surface area contributed by atoms with E-state index in [1.807, 2.05) is 41.8 Å². The molecule has 1 aliphatic heterocycles. The van der Waals surface area contributed by atoms with Crippen LogP contribution in [0.3, 0.4) is 0 Å². The molecule has 2 unspecified atom stereocenters. The molecule has 4 rings (SSSR count). The highest BCUT2D eigenvalue weighted by molar-refractivity contribution is 7.14. The molecule has 0 radical (unpaired) electrons. The van der Waals surface area contributed by atoms with Crippen LogP contribution in [-0.4, -0.2) is 35.6 Å². The lowest BCUT2D eigenvalue weighted by molar-refractivity contribution is -0.115. The second-order valence-corrected chi connectivity index (χ2v) is 9.42. The van der Waals surface area contributed by atoms with Crippen LogP contribution >= 0.6 is 11.3 Å². The van der Waals surface area contributed by atoms with Crippen molar-refractivity contribution in [1.29, 1.82) is 0 Å². The Bertz CT molecular complexity index is 1020. The Kier molecular flexibility index (Phi) is 8.44. The summed E-state index contributed by atoms with van der Waals surface area (Å²) in [5.41, 5.74) is 2.75. The molecule has 2 N–H and O–H groups in total. The largest absolute Gasteiger partial charge is 0.494 e. The van der Waals surface area contributed by atoms with Crippen molar-refractivity contribution < 1.29 is 9.53 Å². The summed E-state index contributed by atoms with van der Waals surface area (Å²) in [6.07, 6.45) is 8.55. The third kappa shape index (κ3) is 6.85. The predicted molar refractivity (Wildman–Crippen MR) is 134 cm³/mol. The fraction of sp³-hybridized carbons (Fsp3) is 0.423. The van der Waals surface area contributed by atoms with E-state index in [-0.39, 0.29) is 12.3 Å². The van der Waals surface area contributed by atoms with Crippen molar-refractivity contribution in [3.8, 4) is 17.0 Å². The van der Waals surface area contributed by atoms with Gasteiger partial charge in [0, 0.05) is 23.3 Å². The molecule has 1 amide bonds. The van der Waals surface area contributed by atoms with E-state index in [0.29, 0.717) is 11.7 Å². The van der Waals surface area contributed by atoms with Crippen LogP contribution in [0.1, 0.15) is 38.2 Å². The van der Waals surface area contributed by atoms with Gasteiger partial charge in [-0.3, -0.25) is 9.78 Å². The Morgan fingerprint density at radius 1 is 1.24 bits per heavy atom. The van der Waals surface area contributed by atoms with Crippen molar-refractivity contribution in [1.82, 2.24) is 15.3 Å². The number of rotatable bonds is 10. The number of benzene rings is 1. The molecular formula is C26H32N4O2S. The second-order valence-electron chi connectivity index (χ2n) is 8.56. The van der Waals surface area contributed by atoms with Crippen LogP contribution in [-0.2, 0) is 11.2 Å². The maximum absolute atomic E-state index is 12.5. The van der Waals surface area contributed by atoms with Crippen LogP contribution in [0.5, 0.6) is 5.75 Å². The number of piperidine rings is 1. The summed E-state index contributed by atoms with van der Waals surface area (Å²) in [6.45, 7) is 5.29. The smallest absolute Gasteiger partial charge is 0.230 e. The molecular weight excluding hydrogens is 432 g/mol. The Labute approximate surface area is 199 Å². The predicted octanol–water partition coefficient (Wildman–Crippen LogP) is 5.18. The van der Waals surface area contributed by atoms with Crippen LogP contribution < -0.4 is 15.4 Å². The summed E-state index contributed by atoms with van der Waals surface area (Å²) in [7, 11) is 0. The van der Waals surface area contributed by atoms with Crippen LogP contribution in [0.2, 0.25) is 0 Å². The third-order valence-corrected chi connectivity index (χ3v) is 7.02. The number of hydrogen-bond acceptors (Lipinski definition) is 6. The highest BCUT2D eigenvalue weighted by Gasteiger charge is 2.22. The lowest BCUT2D eigenvalue weighted by Gasteiger charge is -2.31. The van der Waals surface area contributed by atoms with Crippen molar-refractivity contribution in [2.75, 3.05) is 25.0 Å². The van der Waals surface area contributed by atoms with Crippen molar-refractivity contribution in [2.24, 2.45) is 11.8 Å². The van der Waals surface area contributed by atoms with Crippen molar-refractivity contribution in [2.45, 2.75) is 39.0 Å². The van der Waals surface area contributed by atoms with E-state index in [9.17, 15) is 4.79 Å². The minimum absolute atomic E-state index is 0.0840. The van der Waals surface area contributed by atoms with Gasteiger partial charge in [0.1, 0.15) is 5.75 Å². The van der Waals surface area contributed by atoms with Crippen LogP contribution in [0.15, 0.2) is 54.2 Å². The monoisotopic (exact) mass is 464 g/mol. The van der Waals surface area contributed by atoms with Gasteiger partial charge in [0.15, 0.2) is 5.13 Å². The normalized spacial score (nSPS) is 18.1. The summed E-state index contributed by atoms with van der Waals surface area (Å²) in [4.78, 5) is 21.1. The molecule has 1 saturated heterocycles. The first kappa shape index (κ1) is 23.4. The summed E-state index contributed by atoms with van der Waals surface area (Å²) >= 11 is 1.42. The molecule has 6 nitrogen and oxygen atoms in total. The number of carbonyl (C=O) groups is 1. The molecule has 1 aromatic carbocycles. The van der Waals surface area contributed by atoms with E-state index in [2.05, 4.69) is 27.5 Å².